The molecular weight excluding hydrogens is 719 g/mol. The second-order valence-electron chi connectivity index (χ2n) is 17.9. The minimum atomic E-state index is -0.00307. The Bertz CT molecular complexity index is 944. The van der Waals surface area contributed by atoms with Gasteiger partial charge in [-0.25, -0.2) is 4.98 Å². The van der Waals surface area contributed by atoms with Gasteiger partial charge in [-0.2, -0.15) is 0 Å². The second kappa shape index (κ2) is 41.8. The Morgan fingerprint density at radius 3 is 1.24 bits per heavy atom. The number of aromatic nitrogens is 2. The zero-order valence-electron chi connectivity index (χ0n) is 39.1. The highest BCUT2D eigenvalue weighted by atomic mass is 16.5. The molecule has 2 unspecified atom stereocenters. The van der Waals surface area contributed by atoms with Crippen molar-refractivity contribution in [2.24, 2.45) is 11.8 Å². The summed E-state index contributed by atoms with van der Waals surface area (Å²) in [4.78, 5) is 32.3. The van der Waals surface area contributed by atoms with Gasteiger partial charge >= 0.3 is 11.9 Å². The number of esters is 2. The number of unbranched alkanes of at least 4 members (excludes halogenated alkanes) is 21. The van der Waals surface area contributed by atoms with Crippen LogP contribution in [0.5, 0.6) is 0 Å². The molecule has 0 amide bonds. The maximum absolute atomic E-state index is 12.7. The van der Waals surface area contributed by atoms with E-state index in [0.717, 1.165) is 77.5 Å². The normalized spacial score (nSPS) is 12.6. The fourth-order valence-electron chi connectivity index (χ4n) is 8.28. The van der Waals surface area contributed by atoms with E-state index >= 15 is 0 Å². The van der Waals surface area contributed by atoms with Gasteiger partial charge in [0.2, 0.25) is 0 Å². The molecule has 7 nitrogen and oxygen atoms in total. The molecule has 0 bridgehead atoms. The van der Waals surface area contributed by atoms with Crippen LogP contribution >= 0.6 is 0 Å². The van der Waals surface area contributed by atoms with Crippen LogP contribution in [-0.2, 0) is 25.6 Å². The van der Waals surface area contributed by atoms with Crippen LogP contribution in [0.1, 0.15) is 246 Å². The van der Waals surface area contributed by atoms with Gasteiger partial charge in [0.25, 0.3) is 0 Å². The first-order valence-corrected chi connectivity index (χ1v) is 25.5. The minimum Gasteiger partial charge on any atom is -0.465 e. The number of carbonyl (C=O) groups is 2. The van der Waals surface area contributed by atoms with Crippen LogP contribution in [0, 0.1) is 11.8 Å². The molecule has 0 aliphatic heterocycles. The number of imidazole rings is 1. The highest BCUT2D eigenvalue weighted by Gasteiger charge is 2.14. The van der Waals surface area contributed by atoms with E-state index < -0.39 is 0 Å². The second-order valence-corrected chi connectivity index (χ2v) is 17.9. The first-order chi connectivity index (χ1) is 28.5. The lowest BCUT2D eigenvalue weighted by Crippen LogP contribution is -2.27. The summed E-state index contributed by atoms with van der Waals surface area (Å²) in [6, 6.07) is 0. The number of hydrogen-bond acceptors (Lipinski definition) is 6. The van der Waals surface area contributed by atoms with Crippen LogP contribution in [0.25, 0.3) is 0 Å². The molecule has 2 atom stereocenters. The van der Waals surface area contributed by atoms with Gasteiger partial charge in [-0.05, 0) is 95.7 Å². The largest absolute Gasteiger partial charge is 0.465 e. The number of aryl methyl sites for hydroxylation is 1. The van der Waals surface area contributed by atoms with Crippen LogP contribution in [0.2, 0.25) is 0 Å². The average molecular weight is 816 g/mol. The molecule has 1 aromatic rings. The van der Waals surface area contributed by atoms with Crippen molar-refractivity contribution >= 4 is 11.9 Å². The van der Waals surface area contributed by atoms with Crippen LogP contribution in [-0.4, -0.2) is 59.2 Å². The molecule has 0 saturated carbocycles. The summed E-state index contributed by atoms with van der Waals surface area (Å²) in [5, 5.41) is 0. The molecular formula is C51H97N3O4. The third-order valence-electron chi connectivity index (χ3n) is 12.2. The predicted octanol–water partition coefficient (Wildman–Crippen LogP) is 14.8. The molecule has 7 heteroatoms. The van der Waals surface area contributed by atoms with Crippen molar-refractivity contribution in [1.82, 2.24) is 14.5 Å². The van der Waals surface area contributed by atoms with Gasteiger partial charge in [0.1, 0.15) is 0 Å². The van der Waals surface area contributed by atoms with Crippen LogP contribution in [0.3, 0.4) is 0 Å². The first-order valence-electron chi connectivity index (χ1n) is 25.5. The molecule has 0 aliphatic rings. The van der Waals surface area contributed by atoms with Gasteiger partial charge in [0.05, 0.1) is 19.5 Å². The summed E-state index contributed by atoms with van der Waals surface area (Å²) < 4.78 is 13.9. The quantitative estimate of drug-likeness (QED) is 0.0482. The first kappa shape index (κ1) is 54.1. The highest BCUT2D eigenvalue weighted by Crippen LogP contribution is 2.21. The Balaban J connectivity index is 2.41. The summed E-state index contributed by atoms with van der Waals surface area (Å²) in [6.07, 6.45) is 46.2. The van der Waals surface area contributed by atoms with Crippen molar-refractivity contribution in [2.75, 3.05) is 32.8 Å². The fourth-order valence-corrected chi connectivity index (χ4v) is 8.28. The maximum Gasteiger partial charge on any atom is 0.305 e. The van der Waals surface area contributed by atoms with Crippen LogP contribution in [0.15, 0.2) is 18.7 Å². The van der Waals surface area contributed by atoms with E-state index in [9.17, 15) is 9.59 Å². The summed E-state index contributed by atoms with van der Waals surface area (Å²) in [5.41, 5.74) is 0. The molecule has 58 heavy (non-hydrogen) atoms. The van der Waals surface area contributed by atoms with Gasteiger partial charge in [-0.15, -0.1) is 0 Å². The van der Waals surface area contributed by atoms with Crippen molar-refractivity contribution in [3.05, 3.63) is 18.7 Å². The molecule has 0 spiro atoms. The molecule has 0 saturated heterocycles. The number of nitrogens with zero attached hydrogens (tertiary/aromatic N) is 3. The van der Waals surface area contributed by atoms with Crippen molar-refractivity contribution in [2.45, 2.75) is 253 Å². The average Bonchev–Trinajstić information content (AvgIpc) is 3.75. The van der Waals surface area contributed by atoms with Crippen molar-refractivity contribution in [3.63, 3.8) is 0 Å². The van der Waals surface area contributed by atoms with Crippen molar-refractivity contribution in [3.8, 4) is 0 Å². The SMILES string of the molecule is CCCCCCCCC(CCCCCC)COC(=O)CCCCCN(CCCCCC(=O)OCC(CCCCCC)CCCCCCCC)CCCCn1ccnc1. The summed E-state index contributed by atoms with van der Waals surface area (Å²) >= 11 is 0. The molecule has 0 aromatic carbocycles. The lowest BCUT2D eigenvalue weighted by Gasteiger charge is -2.22. The molecule has 0 fully saturated rings. The van der Waals surface area contributed by atoms with Gasteiger partial charge < -0.3 is 18.9 Å². The van der Waals surface area contributed by atoms with Crippen LogP contribution < -0.4 is 0 Å². The van der Waals surface area contributed by atoms with Gasteiger partial charge in [0.15, 0.2) is 0 Å². The topological polar surface area (TPSA) is 73.7 Å². The Morgan fingerprint density at radius 1 is 0.483 bits per heavy atom. The fraction of sp³-hybridized carbons (Fsp3) is 0.902. The third-order valence-corrected chi connectivity index (χ3v) is 12.2. The van der Waals surface area contributed by atoms with E-state index in [4.69, 9.17) is 9.47 Å². The zero-order chi connectivity index (χ0) is 42.0. The van der Waals surface area contributed by atoms with E-state index in [0.29, 0.717) is 37.9 Å². The summed E-state index contributed by atoms with van der Waals surface area (Å²) in [5.74, 6) is 1.04. The molecule has 1 aromatic heterocycles. The van der Waals surface area contributed by atoms with E-state index in [1.165, 1.54) is 154 Å². The standard InChI is InChI=1S/C51H97N3O4/c1-5-9-13-17-19-25-35-48(33-23-15-11-7-3)45-57-50(55)37-27-21-29-40-53(42-31-32-43-54-44-39-52-47-54)41-30-22-28-38-51(56)58-46-49(34-24-16-12-8-4)36-26-20-18-14-10-6-2/h39,44,47-49H,5-38,40-43,45-46H2,1-4H3. The van der Waals surface area contributed by atoms with Gasteiger partial charge in [-0.3, -0.25) is 9.59 Å². The molecule has 340 valence electrons. The van der Waals surface area contributed by atoms with E-state index in [2.05, 4.69) is 42.1 Å². The number of carbonyl (C=O) groups excluding carboxylic acids is 2. The van der Waals surface area contributed by atoms with Gasteiger partial charge in [-0.1, -0.05) is 169 Å². The summed E-state index contributed by atoms with van der Waals surface area (Å²) in [6.45, 7) is 14.5. The highest BCUT2D eigenvalue weighted by molar-refractivity contribution is 5.69. The van der Waals surface area contributed by atoms with E-state index in [1.807, 2.05) is 18.7 Å². The summed E-state index contributed by atoms with van der Waals surface area (Å²) in [7, 11) is 0. The smallest absolute Gasteiger partial charge is 0.305 e. The zero-order valence-corrected chi connectivity index (χ0v) is 39.1. The van der Waals surface area contributed by atoms with Crippen LogP contribution in [0.4, 0.5) is 0 Å². The van der Waals surface area contributed by atoms with E-state index in [-0.39, 0.29) is 11.9 Å². The lowest BCUT2D eigenvalue weighted by atomic mass is 9.95. The predicted molar refractivity (Wildman–Crippen MR) is 247 cm³/mol. The molecule has 0 N–H and O–H groups in total. The van der Waals surface area contributed by atoms with Crippen molar-refractivity contribution < 1.29 is 19.1 Å². The third kappa shape index (κ3) is 34.9. The number of rotatable bonds is 45. The Hall–Kier alpha value is -1.89. The Kier molecular flexibility index (Phi) is 39.0. The van der Waals surface area contributed by atoms with Crippen molar-refractivity contribution in [1.29, 1.82) is 0 Å². The lowest BCUT2D eigenvalue weighted by molar-refractivity contribution is -0.146. The number of hydrogen-bond donors (Lipinski definition) is 0. The Labute approximate surface area is 360 Å². The molecule has 1 rings (SSSR count). The Morgan fingerprint density at radius 2 is 0.845 bits per heavy atom. The molecule has 0 aliphatic carbocycles. The minimum absolute atomic E-state index is 0.00307. The van der Waals surface area contributed by atoms with Gasteiger partial charge in [0, 0.05) is 31.8 Å². The number of ether oxygens (including phenoxy) is 2. The molecule has 0 radical (unpaired) electrons. The maximum atomic E-state index is 12.7. The van der Waals surface area contributed by atoms with E-state index in [1.54, 1.807) is 0 Å². The monoisotopic (exact) mass is 816 g/mol. The molecule has 1 heterocycles.